The normalized spacial score (nSPS) is 15.6. The molecular formula is C24H26N4O4S. The van der Waals surface area contributed by atoms with Gasteiger partial charge in [0, 0.05) is 29.0 Å². The summed E-state index contributed by atoms with van der Waals surface area (Å²) in [5.74, 6) is -1.16. The van der Waals surface area contributed by atoms with Gasteiger partial charge in [-0.25, -0.2) is 5.43 Å². The Balaban J connectivity index is 1.58. The summed E-state index contributed by atoms with van der Waals surface area (Å²) in [7, 11) is 0. The summed E-state index contributed by atoms with van der Waals surface area (Å²) in [6, 6.07) is 6.33. The van der Waals surface area contributed by atoms with Gasteiger partial charge in [0.1, 0.15) is 5.00 Å². The first-order chi connectivity index (χ1) is 15.8. The summed E-state index contributed by atoms with van der Waals surface area (Å²) >= 11 is 1.45. The second-order valence-corrected chi connectivity index (χ2v) is 9.50. The van der Waals surface area contributed by atoms with E-state index in [-0.39, 0.29) is 36.5 Å². The molecule has 4 rings (SSSR count). The summed E-state index contributed by atoms with van der Waals surface area (Å²) < 4.78 is 0. The van der Waals surface area contributed by atoms with Gasteiger partial charge in [-0.2, -0.15) is 5.10 Å². The van der Waals surface area contributed by atoms with Gasteiger partial charge in [0.25, 0.3) is 11.8 Å². The molecule has 0 radical (unpaired) electrons. The zero-order valence-electron chi connectivity index (χ0n) is 18.7. The zero-order valence-corrected chi connectivity index (χ0v) is 19.5. The third-order valence-corrected chi connectivity index (χ3v) is 6.90. The maximum atomic E-state index is 13.0. The van der Waals surface area contributed by atoms with E-state index in [2.05, 4.69) is 15.8 Å². The highest BCUT2D eigenvalue weighted by molar-refractivity contribution is 7.17. The largest absolute Gasteiger partial charge is 0.313 e. The molecule has 1 saturated heterocycles. The van der Waals surface area contributed by atoms with Crippen LogP contribution in [0, 0.1) is 0 Å². The quantitative estimate of drug-likeness (QED) is 0.300. The van der Waals surface area contributed by atoms with Crippen molar-refractivity contribution in [3.63, 3.8) is 0 Å². The van der Waals surface area contributed by atoms with E-state index in [1.54, 1.807) is 38.1 Å². The second kappa shape index (κ2) is 9.66. The molecule has 9 heteroatoms. The molecule has 4 amide bonds. The molecule has 0 atom stereocenters. The number of anilines is 2. The van der Waals surface area contributed by atoms with E-state index in [9.17, 15) is 19.2 Å². The third-order valence-electron chi connectivity index (χ3n) is 5.70. The van der Waals surface area contributed by atoms with E-state index >= 15 is 0 Å². The second-order valence-electron chi connectivity index (χ2n) is 8.39. The van der Waals surface area contributed by atoms with Crippen molar-refractivity contribution in [2.24, 2.45) is 5.10 Å². The predicted molar refractivity (Wildman–Crippen MR) is 128 cm³/mol. The van der Waals surface area contributed by atoms with Crippen molar-refractivity contribution in [3.8, 4) is 0 Å². The predicted octanol–water partition coefficient (Wildman–Crippen LogP) is 4.05. The number of rotatable bonds is 5. The minimum atomic E-state index is -0.360. The first kappa shape index (κ1) is 22.8. The van der Waals surface area contributed by atoms with E-state index in [1.807, 2.05) is 0 Å². The zero-order chi connectivity index (χ0) is 23.5. The fourth-order valence-electron chi connectivity index (χ4n) is 4.09. The average molecular weight is 467 g/mol. The molecule has 0 saturated carbocycles. The number of carbonyl (C=O) groups excluding carboxylic acids is 4. The van der Waals surface area contributed by atoms with Crippen molar-refractivity contribution in [2.45, 2.75) is 58.8 Å². The molecule has 2 heterocycles. The minimum absolute atomic E-state index is 0.205. The Morgan fingerprint density at radius 3 is 2.24 bits per heavy atom. The standard InChI is InChI=1S/C24H26N4O4S/c1-14(2)26-27-23(32)21-17-6-4-3-5-7-18(17)33-24(21)25-22(31)15-8-10-16(11-9-15)28-19(29)12-13-20(28)30/h8-11H,3-7,12-13H2,1-2H3,(H,25,31)(H,27,32). The summed E-state index contributed by atoms with van der Waals surface area (Å²) in [6.07, 6.45) is 5.27. The Morgan fingerprint density at radius 1 is 0.909 bits per heavy atom. The topological polar surface area (TPSA) is 108 Å². The molecule has 1 aliphatic carbocycles. The molecule has 0 bridgehead atoms. The Hall–Kier alpha value is -3.33. The Bertz CT molecular complexity index is 1130. The van der Waals surface area contributed by atoms with Crippen molar-refractivity contribution in [1.29, 1.82) is 0 Å². The van der Waals surface area contributed by atoms with Crippen LogP contribution >= 0.6 is 11.3 Å². The molecule has 8 nitrogen and oxygen atoms in total. The van der Waals surface area contributed by atoms with Crippen LogP contribution in [0.5, 0.6) is 0 Å². The van der Waals surface area contributed by atoms with Crippen LogP contribution in [0.3, 0.4) is 0 Å². The van der Waals surface area contributed by atoms with Crippen LogP contribution in [0.1, 0.15) is 77.1 Å². The maximum Gasteiger partial charge on any atom is 0.274 e. The molecule has 33 heavy (non-hydrogen) atoms. The number of benzene rings is 1. The van der Waals surface area contributed by atoms with E-state index in [0.29, 0.717) is 21.8 Å². The molecule has 1 aromatic heterocycles. The number of hydrogen-bond acceptors (Lipinski definition) is 6. The van der Waals surface area contributed by atoms with Crippen molar-refractivity contribution in [1.82, 2.24) is 5.43 Å². The highest BCUT2D eigenvalue weighted by atomic mass is 32.1. The monoisotopic (exact) mass is 466 g/mol. The van der Waals surface area contributed by atoms with Crippen LogP contribution in [0.25, 0.3) is 0 Å². The average Bonchev–Trinajstić information content (AvgIpc) is 3.20. The van der Waals surface area contributed by atoms with E-state index in [4.69, 9.17) is 0 Å². The van der Waals surface area contributed by atoms with Crippen LogP contribution in [0.4, 0.5) is 10.7 Å². The number of carbonyl (C=O) groups is 4. The number of nitrogens with one attached hydrogen (secondary N) is 2. The molecule has 0 spiro atoms. The fraction of sp³-hybridized carbons (Fsp3) is 0.375. The molecule has 172 valence electrons. The van der Waals surface area contributed by atoms with E-state index in [1.165, 1.54) is 11.3 Å². The van der Waals surface area contributed by atoms with Crippen LogP contribution in [0.2, 0.25) is 0 Å². The van der Waals surface area contributed by atoms with Gasteiger partial charge in [-0.05, 0) is 69.4 Å². The van der Waals surface area contributed by atoms with Crippen molar-refractivity contribution < 1.29 is 19.2 Å². The Labute approximate surface area is 196 Å². The van der Waals surface area contributed by atoms with Crippen LogP contribution in [-0.2, 0) is 22.4 Å². The third kappa shape index (κ3) is 4.88. The SMILES string of the molecule is CC(C)=NNC(=O)c1c(NC(=O)c2ccc(N3C(=O)CCC3=O)cc2)sc2c1CCCCC2. The van der Waals surface area contributed by atoms with Crippen molar-refractivity contribution in [2.75, 3.05) is 10.2 Å². The number of thiophene rings is 1. The molecular weight excluding hydrogens is 440 g/mol. The number of aryl methyl sites for hydroxylation is 1. The van der Waals surface area contributed by atoms with Gasteiger partial charge in [-0.3, -0.25) is 24.1 Å². The lowest BCUT2D eigenvalue weighted by molar-refractivity contribution is -0.121. The minimum Gasteiger partial charge on any atom is -0.313 e. The number of amides is 4. The molecule has 2 aliphatic rings. The van der Waals surface area contributed by atoms with Gasteiger partial charge in [-0.1, -0.05) is 6.42 Å². The van der Waals surface area contributed by atoms with Gasteiger partial charge < -0.3 is 5.32 Å². The van der Waals surface area contributed by atoms with Gasteiger partial charge >= 0.3 is 0 Å². The van der Waals surface area contributed by atoms with Crippen LogP contribution < -0.4 is 15.6 Å². The van der Waals surface area contributed by atoms with Gasteiger partial charge in [0.15, 0.2) is 0 Å². The van der Waals surface area contributed by atoms with Gasteiger partial charge in [-0.15, -0.1) is 11.3 Å². The highest BCUT2D eigenvalue weighted by Gasteiger charge is 2.30. The summed E-state index contributed by atoms with van der Waals surface area (Å²) in [5, 5.41) is 7.46. The molecule has 0 unspecified atom stereocenters. The van der Waals surface area contributed by atoms with E-state index < -0.39 is 0 Å². The molecule has 1 aromatic carbocycles. The van der Waals surface area contributed by atoms with Crippen LogP contribution in [0.15, 0.2) is 29.4 Å². The smallest absolute Gasteiger partial charge is 0.274 e. The Kier molecular flexibility index (Phi) is 6.69. The Morgan fingerprint density at radius 2 is 1.58 bits per heavy atom. The van der Waals surface area contributed by atoms with Gasteiger partial charge in [0.2, 0.25) is 11.8 Å². The number of nitrogens with zero attached hydrogens (tertiary/aromatic N) is 2. The summed E-state index contributed by atoms with van der Waals surface area (Å²) in [6.45, 7) is 3.59. The molecule has 2 aromatic rings. The molecule has 2 N–H and O–H groups in total. The lowest BCUT2D eigenvalue weighted by Gasteiger charge is -2.14. The van der Waals surface area contributed by atoms with Crippen molar-refractivity contribution >= 4 is 51.4 Å². The first-order valence-electron chi connectivity index (χ1n) is 11.1. The van der Waals surface area contributed by atoms with E-state index in [0.717, 1.165) is 53.2 Å². The summed E-state index contributed by atoms with van der Waals surface area (Å²) in [4.78, 5) is 52.1. The maximum absolute atomic E-state index is 13.0. The molecule has 1 aliphatic heterocycles. The first-order valence-corrected chi connectivity index (χ1v) is 11.9. The summed E-state index contributed by atoms with van der Waals surface area (Å²) in [5.41, 5.74) is 5.62. The number of hydrogen-bond donors (Lipinski definition) is 2. The molecule has 1 fully saturated rings. The highest BCUT2D eigenvalue weighted by Crippen LogP contribution is 2.38. The van der Waals surface area contributed by atoms with Crippen LogP contribution in [-0.4, -0.2) is 29.3 Å². The lowest BCUT2D eigenvalue weighted by atomic mass is 10.0. The van der Waals surface area contributed by atoms with Gasteiger partial charge in [0.05, 0.1) is 11.3 Å². The number of hydrazone groups is 1. The van der Waals surface area contributed by atoms with Crippen molar-refractivity contribution in [3.05, 3.63) is 45.8 Å². The lowest BCUT2D eigenvalue weighted by Crippen LogP contribution is -2.28. The number of fused-ring (bicyclic) bond motifs is 1. The fourth-order valence-corrected chi connectivity index (χ4v) is 5.37. The number of imide groups is 1.